The predicted octanol–water partition coefficient (Wildman–Crippen LogP) is 3.34. The molecule has 0 fully saturated rings. The first-order valence-corrected chi connectivity index (χ1v) is 5.72. The van der Waals surface area contributed by atoms with E-state index in [4.69, 9.17) is 9.47 Å². The first kappa shape index (κ1) is 11.7. The molecule has 2 aromatic rings. The van der Waals surface area contributed by atoms with Crippen LogP contribution >= 0.6 is 0 Å². The molecule has 0 aliphatic carbocycles. The first-order valence-electron chi connectivity index (χ1n) is 5.72. The normalized spacial score (nSPS) is 10.9. The third kappa shape index (κ3) is 2.49. The molecule has 90 valence electrons. The van der Waals surface area contributed by atoms with Crippen molar-refractivity contribution in [2.45, 2.75) is 26.9 Å². The van der Waals surface area contributed by atoms with Crippen molar-refractivity contribution in [2.75, 3.05) is 7.11 Å². The lowest BCUT2D eigenvalue weighted by Gasteiger charge is -2.13. The van der Waals surface area contributed by atoms with Crippen LogP contribution < -0.4 is 9.47 Å². The van der Waals surface area contributed by atoms with Crippen LogP contribution in [0.25, 0.3) is 10.9 Å². The average Bonchev–Trinajstić information content (AvgIpc) is 2.27. The lowest BCUT2D eigenvalue weighted by atomic mass is 10.1. The fraction of sp³-hybridized carbons (Fsp3) is 0.357. The van der Waals surface area contributed by atoms with Crippen LogP contribution in [-0.4, -0.2) is 18.2 Å². The van der Waals surface area contributed by atoms with Crippen molar-refractivity contribution in [1.29, 1.82) is 0 Å². The molecular formula is C14H17NO2. The largest absolute Gasteiger partial charge is 0.497 e. The monoisotopic (exact) mass is 231 g/mol. The summed E-state index contributed by atoms with van der Waals surface area (Å²) in [6.45, 7) is 6.00. The van der Waals surface area contributed by atoms with E-state index >= 15 is 0 Å². The Morgan fingerprint density at radius 1 is 1.18 bits per heavy atom. The summed E-state index contributed by atoms with van der Waals surface area (Å²) < 4.78 is 11.0. The standard InChI is InChI=1S/C14H17NO2/c1-9(2)17-14-7-10(3)15-13-6-5-11(16-4)8-12(13)14/h5-9H,1-4H3. The van der Waals surface area contributed by atoms with E-state index in [0.29, 0.717) is 0 Å². The molecule has 3 heteroatoms. The van der Waals surface area contributed by atoms with Gasteiger partial charge in [-0.2, -0.15) is 0 Å². The maximum atomic E-state index is 5.81. The number of aryl methyl sites for hydroxylation is 1. The van der Waals surface area contributed by atoms with Gasteiger partial charge in [-0.25, -0.2) is 0 Å². The highest BCUT2D eigenvalue weighted by Crippen LogP contribution is 2.29. The van der Waals surface area contributed by atoms with Crippen molar-refractivity contribution < 1.29 is 9.47 Å². The van der Waals surface area contributed by atoms with E-state index in [-0.39, 0.29) is 6.10 Å². The average molecular weight is 231 g/mol. The van der Waals surface area contributed by atoms with E-state index in [1.165, 1.54) is 0 Å². The molecule has 0 unspecified atom stereocenters. The predicted molar refractivity (Wildman–Crippen MR) is 68.8 cm³/mol. The molecular weight excluding hydrogens is 214 g/mol. The molecule has 0 amide bonds. The van der Waals surface area contributed by atoms with Crippen LogP contribution in [-0.2, 0) is 0 Å². The van der Waals surface area contributed by atoms with Gasteiger partial charge in [0.25, 0.3) is 0 Å². The molecule has 0 aliphatic heterocycles. The highest BCUT2D eigenvalue weighted by Gasteiger charge is 2.08. The van der Waals surface area contributed by atoms with Crippen molar-refractivity contribution in [3.63, 3.8) is 0 Å². The van der Waals surface area contributed by atoms with Crippen LogP contribution in [0.4, 0.5) is 0 Å². The Balaban J connectivity index is 2.61. The fourth-order valence-electron chi connectivity index (χ4n) is 1.78. The second-order valence-electron chi connectivity index (χ2n) is 4.31. The molecule has 1 aromatic heterocycles. The Kier molecular flexibility index (Phi) is 3.18. The van der Waals surface area contributed by atoms with Crippen LogP contribution in [0.1, 0.15) is 19.5 Å². The zero-order chi connectivity index (χ0) is 12.4. The van der Waals surface area contributed by atoms with Gasteiger partial charge in [0.15, 0.2) is 0 Å². The van der Waals surface area contributed by atoms with E-state index in [9.17, 15) is 0 Å². The smallest absolute Gasteiger partial charge is 0.131 e. The van der Waals surface area contributed by atoms with Crippen LogP contribution in [0.5, 0.6) is 11.5 Å². The van der Waals surface area contributed by atoms with Gasteiger partial charge in [-0.05, 0) is 39.0 Å². The summed E-state index contributed by atoms with van der Waals surface area (Å²) in [7, 11) is 1.66. The number of benzene rings is 1. The van der Waals surface area contributed by atoms with E-state index in [1.54, 1.807) is 7.11 Å². The minimum absolute atomic E-state index is 0.145. The summed E-state index contributed by atoms with van der Waals surface area (Å²) in [4.78, 5) is 4.48. The zero-order valence-corrected chi connectivity index (χ0v) is 10.7. The number of fused-ring (bicyclic) bond motifs is 1. The molecule has 1 aromatic carbocycles. The molecule has 0 saturated carbocycles. The van der Waals surface area contributed by atoms with Gasteiger partial charge < -0.3 is 9.47 Å². The van der Waals surface area contributed by atoms with Gasteiger partial charge >= 0.3 is 0 Å². The Labute approximate surface area is 101 Å². The number of aromatic nitrogens is 1. The Bertz CT molecular complexity index is 535. The Morgan fingerprint density at radius 2 is 1.94 bits per heavy atom. The van der Waals surface area contributed by atoms with Crippen molar-refractivity contribution >= 4 is 10.9 Å². The van der Waals surface area contributed by atoms with Gasteiger partial charge in [0.1, 0.15) is 11.5 Å². The summed E-state index contributed by atoms with van der Waals surface area (Å²) >= 11 is 0. The molecule has 2 rings (SSSR count). The van der Waals surface area contributed by atoms with Crippen molar-refractivity contribution in [2.24, 2.45) is 0 Å². The van der Waals surface area contributed by atoms with E-state index in [0.717, 1.165) is 28.1 Å². The van der Waals surface area contributed by atoms with Crippen LogP contribution in [0.15, 0.2) is 24.3 Å². The maximum absolute atomic E-state index is 5.81. The minimum atomic E-state index is 0.145. The molecule has 0 bridgehead atoms. The van der Waals surface area contributed by atoms with E-state index in [1.807, 2.05) is 45.0 Å². The number of pyridine rings is 1. The zero-order valence-electron chi connectivity index (χ0n) is 10.7. The van der Waals surface area contributed by atoms with Gasteiger partial charge in [-0.15, -0.1) is 0 Å². The third-order valence-electron chi connectivity index (χ3n) is 2.47. The van der Waals surface area contributed by atoms with Gasteiger partial charge in [0.2, 0.25) is 0 Å². The third-order valence-corrected chi connectivity index (χ3v) is 2.47. The lowest BCUT2D eigenvalue weighted by Crippen LogP contribution is -2.06. The number of hydrogen-bond donors (Lipinski definition) is 0. The highest BCUT2D eigenvalue weighted by atomic mass is 16.5. The summed E-state index contributed by atoms with van der Waals surface area (Å²) in [6, 6.07) is 7.78. The molecule has 0 N–H and O–H groups in total. The van der Waals surface area contributed by atoms with Crippen LogP contribution in [0.2, 0.25) is 0 Å². The van der Waals surface area contributed by atoms with Gasteiger partial charge in [-0.1, -0.05) is 0 Å². The van der Waals surface area contributed by atoms with Crippen LogP contribution in [0.3, 0.4) is 0 Å². The van der Waals surface area contributed by atoms with Crippen LogP contribution in [0, 0.1) is 6.92 Å². The summed E-state index contributed by atoms with van der Waals surface area (Å²) in [5.74, 6) is 1.68. The van der Waals surface area contributed by atoms with Crippen molar-refractivity contribution in [3.05, 3.63) is 30.0 Å². The summed E-state index contributed by atoms with van der Waals surface area (Å²) in [5.41, 5.74) is 1.89. The molecule has 0 saturated heterocycles. The van der Waals surface area contributed by atoms with E-state index in [2.05, 4.69) is 4.98 Å². The topological polar surface area (TPSA) is 31.4 Å². The Hall–Kier alpha value is -1.77. The van der Waals surface area contributed by atoms with Gasteiger partial charge in [-0.3, -0.25) is 4.98 Å². The lowest BCUT2D eigenvalue weighted by molar-refractivity contribution is 0.245. The first-order chi connectivity index (χ1) is 8.10. The molecule has 17 heavy (non-hydrogen) atoms. The number of methoxy groups -OCH3 is 1. The number of rotatable bonds is 3. The number of nitrogens with zero attached hydrogens (tertiary/aromatic N) is 1. The summed E-state index contributed by atoms with van der Waals surface area (Å²) in [6.07, 6.45) is 0.145. The highest BCUT2D eigenvalue weighted by molar-refractivity contribution is 5.86. The fourth-order valence-corrected chi connectivity index (χ4v) is 1.78. The van der Waals surface area contributed by atoms with Crippen molar-refractivity contribution in [1.82, 2.24) is 4.98 Å². The molecule has 3 nitrogen and oxygen atoms in total. The SMILES string of the molecule is COc1ccc2nc(C)cc(OC(C)C)c2c1. The molecule has 0 atom stereocenters. The Morgan fingerprint density at radius 3 is 2.59 bits per heavy atom. The number of hydrogen-bond acceptors (Lipinski definition) is 3. The second kappa shape index (κ2) is 4.62. The second-order valence-corrected chi connectivity index (χ2v) is 4.31. The molecule has 0 aliphatic rings. The number of ether oxygens (including phenoxy) is 2. The summed E-state index contributed by atoms with van der Waals surface area (Å²) in [5, 5.41) is 0.989. The molecule has 0 radical (unpaired) electrons. The van der Waals surface area contributed by atoms with Gasteiger partial charge in [0.05, 0.1) is 18.7 Å². The van der Waals surface area contributed by atoms with E-state index < -0.39 is 0 Å². The quantitative estimate of drug-likeness (QED) is 0.811. The van der Waals surface area contributed by atoms with Crippen molar-refractivity contribution in [3.8, 4) is 11.5 Å². The maximum Gasteiger partial charge on any atom is 0.131 e. The minimum Gasteiger partial charge on any atom is -0.497 e. The van der Waals surface area contributed by atoms with Gasteiger partial charge in [0, 0.05) is 17.1 Å². The molecule has 1 heterocycles. The molecule has 0 spiro atoms.